The molecule has 1 aromatic rings. The summed E-state index contributed by atoms with van der Waals surface area (Å²) in [6, 6.07) is 6.26. The van der Waals surface area contributed by atoms with Crippen LogP contribution >= 0.6 is 0 Å². The fourth-order valence-electron chi connectivity index (χ4n) is 2.98. The smallest absolute Gasteiger partial charge is 0.333 e. The number of rotatable bonds is 10. The molecule has 1 amide bonds. The van der Waals surface area contributed by atoms with Gasteiger partial charge >= 0.3 is 17.9 Å². The minimum Gasteiger partial charge on any atom is -0.479 e. The topological polar surface area (TPSA) is 119 Å². The predicted molar refractivity (Wildman–Crippen MR) is 101 cm³/mol. The summed E-state index contributed by atoms with van der Waals surface area (Å²) in [4.78, 5) is 46.7. The Bertz CT molecular complexity index is 714. The third-order valence-electron chi connectivity index (χ3n) is 4.13. The number of nitrogens with one attached hydrogen (secondary N) is 1. The normalized spacial score (nSPS) is 13.7. The Morgan fingerprint density at radius 1 is 1.07 bits per heavy atom. The summed E-state index contributed by atoms with van der Waals surface area (Å²) in [5.74, 6) is -2.62. The second-order valence-electron chi connectivity index (χ2n) is 6.61. The van der Waals surface area contributed by atoms with Gasteiger partial charge in [0.1, 0.15) is 11.9 Å². The van der Waals surface area contributed by atoms with Crippen molar-refractivity contribution in [3.05, 3.63) is 29.8 Å². The first kappa shape index (κ1) is 23.1. The molecule has 0 aliphatic rings. The average Bonchev–Trinajstić information content (AvgIpc) is 2.58. The van der Waals surface area contributed by atoms with E-state index in [0.29, 0.717) is 17.7 Å². The van der Waals surface area contributed by atoms with E-state index in [9.17, 15) is 24.3 Å². The first-order valence-electron chi connectivity index (χ1n) is 9.07. The van der Waals surface area contributed by atoms with Crippen LogP contribution in [-0.4, -0.2) is 40.6 Å². The zero-order valence-electron chi connectivity index (χ0n) is 16.6. The van der Waals surface area contributed by atoms with Crippen LogP contribution < -0.4 is 10.1 Å². The van der Waals surface area contributed by atoms with Gasteiger partial charge in [0.15, 0.2) is 5.54 Å². The van der Waals surface area contributed by atoms with Gasteiger partial charge < -0.3 is 19.9 Å². The average molecular weight is 393 g/mol. The van der Waals surface area contributed by atoms with Gasteiger partial charge in [-0.3, -0.25) is 14.4 Å². The number of carbonyl (C=O) groups excluding carboxylic acids is 3. The van der Waals surface area contributed by atoms with Crippen LogP contribution in [0.25, 0.3) is 0 Å². The van der Waals surface area contributed by atoms with Gasteiger partial charge in [0.05, 0.1) is 0 Å². The number of carboxylic acids is 1. The van der Waals surface area contributed by atoms with Crippen LogP contribution in [0.1, 0.15) is 52.5 Å². The SMILES string of the molecule is CCCCC(OC(C)=O)[C@@](Cc1ccc(OC(C)=O)cc1)(NC(C)=O)C(=O)O. The van der Waals surface area contributed by atoms with E-state index in [4.69, 9.17) is 9.47 Å². The number of carbonyl (C=O) groups is 4. The van der Waals surface area contributed by atoms with E-state index in [1.54, 1.807) is 12.1 Å². The molecule has 0 heterocycles. The first-order valence-corrected chi connectivity index (χ1v) is 9.07. The predicted octanol–water partition coefficient (Wildman–Crippen LogP) is 2.24. The Hall–Kier alpha value is -2.90. The number of hydrogen-bond donors (Lipinski definition) is 2. The molecule has 1 rings (SSSR count). The summed E-state index contributed by atoms with van der Waals surface area (Å²) in [6.45, 7) is 5.62. The summed E-state index contributed by atoms with van der Waals surface area (Å²) < 4.78 is 10.3. The lowest BCUT2D eigenvalue weighted by atomic mass is 9.82. The van der Waals surface area contributed by atoms with Crippen LogP contribution in [0.15, 0.2) is 24.3 Å². The Morgan fingerprint density at radius 2 is 1.68 bits per heavy atom. The molecule has 8 nitrogen and oxygen atoms in total. The molecule has 0 aromatic heterocycles. The third kappa shape index (κ3) is 6.68. The van der Waals surface area contributed by atoms with Crippen molar-refractivity contribution in [2.45, 2.75) is 65.0 Å². The van der Waals surface area contributed by atoms with Crippen molar-refractivity contribution < 1.29 is 33.8 Å². The number of esters is 2. The fraction of sp³-hybridized carbons (Fsp3) is 0.500. The number of carboxylic acid groups (broad SMARTS) is 1. The highest BCUT2D eigenvalue weighted by Crippen LogP contribution is 2.26. The molecular weight excluding hydrogens is 366 g/mol. The van der Waals surface area contributed by atoms with Crippen molar-refractivity contribution >= 4 is 23.8 Å². The summed E-state index contributed by atoms with van der Waals surface area (Å²) in [5, 5.41) is 12.5. The maximum Gasteiger partial charge on any atom is 0.333 e. The second kappa shape index (κ2) is 10.4. The molecule has 0 radical (unpaired) electrons. The molecule has 1 unspecified atom stereocenters. The van der Waals surface area contributed by atoms with E-state index < -0.39 is 35.5 Å². The lowest BCUT2D eigenvalue weighted by Gasteiger charge is -2.37. The van der Waals surface area contributed by atoms with Gasteiger partial charge in [0.2, 0.25) is 5.91 Å². The number of benzene rings is 1. The summed E-state index contributed by atoms with van der Waals surface area (Å²) >= 11 is 0. The van der Waals surface area contributed by atoms with Gasteiger partial charge in [0.25, 0.3) is 0 Å². The van der Waals surface area contributed by atoms with Crippen molar-refractivity contribution in [3.8, 4) is 5.75 Å². The lowest BCUT2D eigenvalue weighted by Crippen LogP contribution is -2.64. The number of amides is 1. The second-order valence-corrected chi connectivity index (χ2v) is 6.61. The van der Waals surface area contributed by atoms with E-state index in [0.717, 1.165) is 6.42 Å². The monoisotopic (exact) mass is 393 g/mol. The summed E-state index contributed by atoms with van der Waals surface area (Å²) in [6.07, 6.45) is 0.528. The van der Waals surface area contributed by atoms with Gasteiger partial charge in [0, 0.05) is 27.2 Å². The highest BCUT2D eigenvalue weighted by Gasteiger charge is 2.48. The number of aliphatic carboxylic acids is 1. The van der Waals surface area contributed by atoms with Gasteiger partial charge in [-0.15, -0.1) is 0 Å². The standard InChI is InChI=1S/C20H27NO7/c1-5-6-7-18(28-15(4)24)20(19(25)26,21-13(2)22)12-16-8-10-17(11-9-16)27-14(3)23/h8-11,18H,5-7,12H2,1-4H3,(H,21,22)(H,25,26)/t18?,20-/m1/s1. The van der Waals surface area contributed by atoms with Gasteiger partial charge in [-0.05, 0) is 30.5 Å². The Morgan fingerprint density at radius 3 is 2.11 bits per heavy atom. The molecule has 0 aliphatic carbocycles. The molecule has 2 N–H and O–H groups in total. The molecule has 0 aliphatic heterocycles. The van der Waals surface area contributed by atoms with Crippen LogP contribution in [0.4, 0.5) is 0 Å². The zero-order valence-corrected chi connectivity index (χ0v) is 16.6. The van der Waals surface area contributed by atoms with Gasteiger partial charge in [-0.2, -0.15) is 0 Å². The van der Waals surface area contributed by atoms with Gasteiger partial charge in [-0.1, -0.05) is 25.5 Å². The quantitative estimate of drug-likeness (QED) is 0.462. The van der Waals surface area contributed by atoms with Crippen LogP contribution in [-0.2, 0) is 30.3 Å². The minimum atomic E-state index is -1.82. The van der Waals surface area contributed by atoms with Crippen molar-refractivity contribution in [3.63, 3.8) is 0 Å². The number of ether oxygens (including phenoxy) is 2. The van der Waals surface area contributed by atoms with E-state index in [-0.39, 0.29) is 12.8 Å². The molecule has 8 heteroatoms. The van der Waals surface area contributed by atoms with Crippen molar-refractivity contribution in [2.24, 2.45) is 0 Å². The van der Waals surface area contributed by atoms with Crippen LogP contribution in [0, 0.1) is 0 Å². The van der Waals surface area contributed by atoms with Crippen LogP contribution in [0.3, 0.4) is 0 Å². The minimum absolute atomic E-state index is 0.107. The highest BCUT2D eigenvalue weighted by molar-refractivity contribution is 5.87. The zero-order chi connectivity index (χ0) is 21.3. The molecule has 0 fully saturated rings. The van der Waals surface area contributed by atoms with Gasteiger partial charge in [-0.25, -0.2) is 4.79 Å². The first-order chi connectivity index (χ1) is 13.1. The Labute approximate surface area is 164 Å². The van der Waals surface area contributed by atoms with E-state index in [2.05, 4.69) is 5.32 Å². The molecular formula is C20H27NO7. The van der Waals surface area contributed by atoms with Crippen molar-refractivity contribution in [2.75, 3.05) is 0 Å². The van der Waals surface area contributed by atoms with Crippen LogP contribution in [0.2, 0.25) is 0 Å². The maximum atomic E-state index is 12.3. The number of hydrogen-bond acceptors (Lipinski definition) is 6. The summed E-state index contributed by atoms with van der Waals surface area (Å²) in [7, 11) is 0. The molecule has 28 heavy (non-hydrogen) atoms. The number of unbranched alkanes of at least 4 members (excludes halogenated alkanes) is 1. The molecule has 0 spiro atoms. The van der Waals surface area contributed by atoms with Crippen molar-refractivity contribution in [1.82, 2.24) is 5.32 Å². The molecule has 1 aromatic carbocycles. The summed E-state index contributed by atoms with van der Waals surface area (Å²) in [5.41, 5.74) is -1.25. The maximum absolute atomic E-state index is 12.3. The molecule has 154 valence electrons. The van der Waals surface area contributed by atoms with E-state index in [1.165, 1.54) is 32.9 Å². The molecule has 0 saturated carbocycles. The third-order valence-corrected chi connectivity index (χ3v) is 4.13. The molecule has 0 bridgehead atoms. The van der Waals surface area contributed by atoms with E-state index in [1.807, 2.05) is 6.92 Å². The molecule has 0 saturated heterocycles. The fourth-order valence-corrected chi connectivity index (χ4v) is 2.98. The lowest BCUT2D eigenvalue weighted by molar-refractivity contribution is -0.164. The van der Waals surface area contributed by atoms with Crippen LogP contribution in [0.5, 0.6) is 5.75 Å². The Kier molecular flexibility index (Phi) is 8.63. The highest BCUT2D eigenvalue weighted by atomic mass is 16.5. The Balaban J connectivity index is 3.31. The molecule has 2 atom stereocenters. The van der Waals surface area contributed by atoms with Crippen molar-refractivity contribution in [1.29, 1.82) is 0 Å². The largest absolute Gasteiger partial charge is 0.479 e. The van der Waals surface area contributed by atoms with E-state index >= 15 is 0 Å².